The van der Waals surface area contributed by atoms with Gasteiger partial charge < -0.3 is 9.67 Å². The van der Waals surface area contributed by atoms with Crippen molar-refractivity contribution in [3.63, 3.8) is 0 Å². The summed E-state index contributed by atoms with van der Waals surface area (Å²) >= 11 is 0. The van der Waals surface area contributed by atoms with Crippen molar-refractivity contribution in [3.8, 4) is 0 Å². The van der Waals surface area contributed by atoms with E-state index in [1.54, 1.807) is 6.20 Å². The van der Waals surface area contributed by atoms with Crippen LogP contribution in [-0.4, -0.2) is 20.8 Å². The summed E-state index contributed by atoms with van der Waals surface area (Å²) in [6.07, 6.45) is 4.66. The first-order valence-corrected chi connectivity index (χ1v) is 6.43. The molecule has 0 bridgehead atoms. The zero-order valence-electron chi connectivity index (χ0n) is 11.0. The first-order chi connectivity index (χ1) is 8.70. The third-order valence-corrected chi connectivity index (χ3v) is 3.28. The number of hydrogen-bond acceptors (Lipinski definition) is 2. The van der Waals surface area contributed by atoms with Gasteiger partial charge in [0.2, 0.25) is 0 Å². The summed E-state index contributed by atoms with van der Waals surface area (Å²) < 4.78 is 2.07. The Hall–Kier alpha value is -1.61. The van der Waals surface area contributed by atoms with E-state index in [4.69, 9.17) is 0 Å². The number of aryl methyl sites for hydroxylation is 2. The first-order valence-electron chi connectivity index (χ1n) is 6.43. The maximum Gasteiger partial charge on any atom is 0.111 e. The molecule has 0 fully saturated rings. The number of aliphatic hydroxyl groups excluding tert-OH is 1. The maximum atomic E-state index is 10.2. The predicted molar refractivity (Wildman–Crippen MR) is 72.5 cm³/mol. The van der Waals surface area contributed by atoms with E-state index in [2.05, 4.69) is 35.5 Å². The van der Waals surface area contributed by atoms with Crippen molar-refractivity contribution in [1.29, 1.82) is 0 Å². The van der Waals surface area contributed by atoms with Crippen LogP contribution >= 0.6 is 0 Å². The molecule has 0 aliphatic heterocycles. The largest absolute Gasteiger partial charge is 0.392 e. The minimum Gasteiger partial charge on any atom is -0.392 e. The zero-order chi connectivity index (χ0) is 13.0. The van der Waals surface area contributed by atoms with E-state index in [-0.39, 0.29) is 6.10 Å². The Kier molecular flexibility index (Phi) is 4.15. The first kappa shape index (κ1) is 12.8. The van der Waals surface area contributed by atoms with Crippen molar-refractivity contribution in [3.05, 3.63) is 53.6 Å². The van der Waals surface area contributed by atoms with Crippen molar-refractivity contribution in [1.82, 2.24) is 9.55 Å². The zero-order valence-corrected chi connectivity index (χ0v) is 11.0. The van der Waals surface area contributed by atoms with E-state index < -0.39 is 0 Å². The normalized spacial score (nSPS) is 12.6. The highest BCUT2D eigenvalue weighted by atomic mass is 16.3. The SMILES string of the molecule is CCn1ccnc1CC(O)Cc1ccccc1C. The van der Waals surface area contributed by atoms with E-state index in [1.165, 1.54) is 11.1 Å². The maximum absolute atomic E-state index is 10.2. The van der Waals surface area contributed by atoms with Gasteiger partial charge in [-0.25, -0.2) is 4.98 Å². The third-order valence-electron chi connectivity index (χ3n) is 3.28. The highest BCUT2D eigenvalue weighted by Crippen LogP contribution is 2.12. The Bertz CT molecular complexity index is 505. The number of aliphatic hydroxyl groups is 1. The van der Waals surface area contributed by atoms with Crippen molar-refractivity contribution < 1.29 is 5.11 Å². The molecule has 96 valence electrons. The van der Waals surface area contributed by atoms with Crippen LogP contribution in [0.2, 0.25) is 0 Å². The van der Waals surface area contributed by atoms with Crippen LogP contribution in [0.4, 0.5) is 0 Å². The number of imidazole rings is 1. The number of aromatic nitrogens is 2. The molecule has 1 N–H and O–H groups in total. The minimum absolute atomic E-state index is 0.376. The van der Waals surface area contributed by atoms with Crippen LogP contribution in [0, 0.1) is 6.92 Å². The molecule has 1 aromatic carbocycles. The lowest BCUT2D eigenvalue weighted by atomic mass is 10.0. The molecule has 3 nitrogen and oxygen atoms in total. The Morgan fingerprint density at radius 1 is 1.28 bits per heavy atom. The van der Waals surface area contributed by atoms with Crippen molar-refractivity contribution >= 4 is 0 Å². The van der Waals surface area contributed by atoms with Gasteiger partial charge in [-0.15, -0.1) is 0 Å². The Balaban J connectivity index is 2.01. The number of nitrogens with zero attached hydrogens (tertiary/aromatic N) is 2. The van der Waals surface area contributed by atoms with Crippen LogP contribution < -0.4 is 0 Å². The van der Waals surface area contributed by atoms with Gasteiger partial charge in [0.1, 0.15) is 5.82 Å². The molecule has 0 amide bonds. The van der Waals surface area contributed by atoms with Crippen molar-refractivity contribution in [2.24, 2.45) is 0 Å². The smallest absolute Gasteiger partial charge is 0.111 e. The lowest BCUT2D eigenvalue weighted by Gasteiger charge is -2.13. The van der Waals surface area contributed by atoms with Gasteiger partial charge in [-0.05, 0) is 31.4 Å². The minimum atomic E-state index is -0.376. The summed E-state index contributed by atoms with van der Waals surface area (Å²) in [6, 6.07) is 8.19. The second-order valence-electron chi connectivity index (χ2n) is 4.62. The molecule has 0 aliphatic carbocycles. The van der Waals surface area contributed by atoms with Crippen molar-refractivity contribution in [2.45, 2.75) is 39.3 Å². The molecule has 1 atom stereocenters. The average Bonchev–Trinajstić information content (AvgIpc) is 2.79. The molecule has 1 unspecified atom stereocenters. The van der Waals surface area contributed by atoms with E-state index >= 15 is 0 Å². The molecule has 0 radical (unpaired) electrons. The third kappa shape index (κ3) is 2.99. The van der Waals surface area contributed by atoms with Gasteiger partial charge in [0.25, 0.3) is 0 Å². The lowest BCUT2D eigenvalue weighted by Crippen LogP contribution is -2.17. The molecule has 0 saturated carbocycles. The predicted octanol–water partition coefficient (Wildman–Crippen LogP) is 2.36. The molecule has 18 heavy (non-hydrogen) atoms. The molecule has 0 saturated heterocycles. The molecule has 2 rings (SSSR count). The van der Waals surface area contributed by atoms with Crippen LogP contribution in [0.1, 0.15) is 23.9 Å². The standard InChI is InChI=1S/C15H20N2O/c1-3-17-9-8-16-15(17)11-14(18)10-13-7-5-4-6-12(13)2/h4-9,14,18H,3,10-11H2,1-2H3. The second kappa shape index (κ2) is 5.83. The molecule has 2 aromatic rings. The number of hydrogen-bond donors (Lipinski definition) is 1. The van der Waals surface area contributed by atoms with Gasteiger partial charge in [-0.1, -0.05) is 24.3 Å². The van der Waals surface area contributed by atoms with Crippen LogP contribution in [0.5, 0.6) is 0 Å². The summed E-state index contributed by atoms with van der Waals surface area (Å²) in [4.78, 5) is 4.29. The van der Waals surface area contributed by atoms with Gasteiger partial charge in [0, 0.05) is 25.4 Å². The second-order valence-corrected chi connectivity index (χ2v) is 4.62. The lowest BCUT2D eigenvalue weighted by molar-refractivity contribution is 0.171. The Morgan fingerprint density at radius 3 is 2.78 bits per heavy atom. The van der Waals surface area contributed by atoms with Gasteiger partial charge in [0.15, 0.2) is 0 Å². The van der Waals surface area contributed by atoms with E-state index in [9.17, 15) is 5.11 Å². The Morgan fingerprint density at radius 2 is 2.06 bits per heavy atom. The summed E-state index contributed by atoms with van der Waals surface area (Å²) in [6.45, 7) is 5.06. The fourth-order valence-corrected chi connectivity index (χ4v) is 2.19. The molecular formula is C15H20N2O. The summed E-state index contributed by atoms with van der Waals surface area (Å²) in [5.41, 5.74) is 2.44. The summed E-state index contributed by atoms with van der Waals surface area (Å²) in [5.74, 6) is 0.957. The molecular weight excluding hydrogens is 224 g/mol. The highest BCUT2D eigenvalue weighted by molar-refractivity contribution is 5.26. The number of rotatable bonds is 5. The fraction of sp³-hybridized carbons (Fsp3) is 0.400. The highest BCUT2D eigenvalue weighted by Gasteiger charge is 2.11. The molecule has 1 aromatic heterocycles. The Labute approximate surface area is 108 Å². The van der Waals surface area contributed by atoms with Gasteiger partial charge in [-0.3, -0.25) is 0 Å². The van der Waals surface area contributed by atoms with Gasteiger partial charge in [0.05, 0.1) is 6.10 Å². The van der Waals surface area contributed by atoms with Gasteiger partial charge >= 0.3 is 0 Å². The molecule has 3 heteroatoms. The van der Waals surface area contributed by atoms with Gasteiger partial charge in [-0.2, -0.15) is 0 Å². The van der Waals surface area contributed by atoms with Crippen LogP contribution in [0.15, 0.2) is 36.7 Å². The van der Waals surface area contributed by atoms with Crippen LogP contribution in [-0.2, 0) is 19.4 Å². The molecule has 0 aliphatic rings. The molecule has 0 spiro atoms. The quantitative estimate of drug-likeness (QED) is 0.876. The number of benzene rings is 1. The van der Waals surface area contributed by atoms with Crippen LogP contribution in [0.25, 0.3) is 0 Å². The molecule has 1 heterocycles. The van der Waals surface area contributed by atoms with Crippen molar-refractivity contribution in [2.75, 3.05) is 0 Å². The summed E-state index contributed by atoms with van der Waals surface area (Å²) in [7, 11) is 0. The monoisotopic (exact) mass is 244 g/mol. The van der Waals surface area contributed by atoms with E-state index in [0.717, 1.165) is 12.4 Å². The summed E-state index contributed by atoms with van der Waals surface area (Å²) in [5, 5.41) is 10.2. The van der Waals surface area contributed by atoms with E-state index in [1.807, 2.05) is 18.3 Å². The van der Waals surface area contributed by atoms with E-state index in [0.29, 0.717) is 12.8 Å². The average molecular weight is 244 g/mol. The topological polar surface area (TPSA) is 38.0 Å². The fourth-order valence-electron chi connectivity index (χ4n) is 2.19. The van der Waals surface area contributed by atoms with Crippen LogP contribution in [0.3, 0.4) is 0 Å².